The van der Waals surface area contributed by atoms with Crippen molar-refractivity contribution in [2.75, 3.05) is 13.1 Å². The van der Waals surface area contributed by atoms with Crippen LogP contribution in [0.2, 0.25) is 0 Å². The SMILES string of the molecule is NC[C@@H]1C(c2ncco2)=C[C@@H]2CN1C(=O)N2OS(=O)(=O)O.O=C(O)C(F)(F)F. The van der Waals surface area contributed by atoms with Gasteiger partial charge in [-0.15, -0.1) is 4.28 Å². The summed E-state index contributed by atoms with van der Waals surface area (Å²) < 4.78 is 71.7. The second-order valence-electron chi connectivity index (χ2n) is 5.34. The summed E-state index contributed by atoms with van der Waals surface area (Å²) in [4.78, 5) is 26.4. The quantitative estimate of drug-likeness (QED) is 0.545. The van der Waals surface area contributed by atoms with Crippen molar-refractivity contribution < 1.29 is 49.5 Å². The number of aromatic nitrogens is 1. The number of carboxylic acid groups (broad SMARTS) is 1. The predicted octanol–water partition coefficient (Wildman–Crippen LogP) is -0.127. The number of amides is 2. The van der Waals surface area contributed by atoms with Crippen molar-refractivity contribution >= 4 is 28.0 Å². The van der Waals surface area contributed by atoms with Gasteiger partial charge in [0.05, 0.1) is 18.3 Å². The molecule has 12 nitrogen and oxygen atoms in total. The molecule has 2 aliphatic rings. The number of rotatable bonds is 4. The molecule has 3 rings (SSSR count). The maximum Gasteiger partial charge on any atom is 0.490 e. The van der Waals surface area contributed by atoms with E-state index in [1.807, 2.05) is 0 Å². The van der Waals surface area contributed by atoms with Crippen molar-refractivity contribution in [2.24, 2.45) is 5.73 Å². The number of nitrogens with two attached hydrogens (primary N) is 1. The number of aliphatic carboxylic acids is 1. The van der Waals surface area contributed by atoms with E-state index in [1.54, 1.807) is 6.08 Å². The van der Waals surface area contributed by atoms with Crippen LogP contribution in [-0.4, -0.2) is 76.4 Å². The minimum atomic E-state index is -5.08. The highest BCUT2D eigenvalue weighted by molar-refractivity contribution is 7.80. The minimum Gasteiger partial charge on any atom is -0.475 e. The van der Waals surface area contributed by atoms with E-state index in [2.05, 4.69) is 9.27 Å². The highest BCUT2D eigenvalue weighted by Gasteiger charge is 2.48. The van der Waals surface area contributed by atoms with Gasteiger partial charge in [-0.2, -0.15) is 26.7 Å². The fourth-order valence-corrected chi connectivity index (χ4v) is 2.89. The van der Waals surface area contributed by atoms with Crippen molar-refractivity contribution in [3.8, 4) is 0 Å². The Labute approximate surface area is 154 Å². The summed E-state index contributed by atoms with van der Waals surface area (Å²) in [7, 11) is -4.80. The van der Waals surface area contributed by atoms with Gasteiger partial charge in [0.1, 0.15) is 6.26 Å². The topological polar surface area (TPSA) is 176 Å². The normalized spacial score (nSPS) is 21.9. The molecule has 0 aromatic carbocycles. The number of nitrogens with zero attached hydrogens (tertiary/aromatic N) is 3. The predicted molar refractivity (Wildman–Crippen MR) is 81.4 cm³/mol. The van der Waals surface area contributed by atoms with E-state index in [-0.39, 0.29) is 13.1 Å². The Kier molecular flexibility index (Phi) is 5.97. The lowest BCUT2D eigenvalue weighted by Gasteiger charge is -2.29. The van der Waals surface area contributed by atoms with Crippen molar-refractivity contribution in [3.63, 3.8) is 0 Å². The highest BCUT2D eigenvalue weighted by Crippen LogP contribution is 2.33. The molecule has 2 aliphatic heterocycles. The van der Waals surface area contributed by atoms with Crippen LogP contribution in [0.1, 0.15) is 5.89 Å². The third-order valence-corrected chi connectivity index (χ3v) is 3.89. The summed E-state index contributed by atoms with van der Waals surface area (Å²) in [6, 6.07) is -1.91. The summed E-state index contributed by atoms with van der Waals surface area (Å²) in [6.07, 6.45) is -0.663. The van der Waals surface area contributed by atoms with Gasteiger partial charge in [0.15, 0.2) is 0 Å². The van der Waals surface area contributed by atoms with Crippen LogP contribution in [-0.2, 0) is 19.5 Å². The Hall–Kier alpha value is -2.69. The van der Waals surface area contributed by atoms with Gasteiger partial charge in [-0.3, -0.25) is 4.55 Å². The van der Waals surface area contributed by atoms with Crippen LogP contribution in [0.25, 0.3) is 5.57 Å². The summed E-state index contributed by atoms with van der Waals surface area (Å²) in [6.45, 7) is 0.298. The first-order valence-corrected chi connectivity index (χ1v) is 8.60. The van der Waals surface area contributed by atoms with Crippen molar-refractivity contribution in [2.45, 2.75) is 18.3 Å². The first-order chi connectivity index (χ1) is 12.8. The Morgan fingerprint density at radius 1 is 1.46 bits per heavy atom. The summed E-state index contributed by atoms with van der Waals surface area (Å²) in [5.41, 5.74) is 6.25. The monoisotopic (exact) mass is 430 g/mol. The van der Waals surface area contributed by atoms with Gasteiger partial charge in [-0.05, 0) is 6.08 Å². The van der Waals surface area contributed by atoms with Crippen LogP contribution in [0.3, 0.4) is 0 Å². The average molecular weight is 430 g/mol. The second-order valence-corrected chi connectivity index (χ2v) is 6.35. The van der Waals surface area contributed by atoms with Gasteiger partial charge in [0.25, 0.3) is 0 Å². The van der Waals surface area contributed by atoms with E-state index in [4.69, 9.17) is 24.6 Å². The number of urea groups is 1. The zero-order valence-corrected chi connectivity index (χ0v) is 14.4. The van der Waals surface area contributed by atoms with Crippen molar-refractivity contribution in [1.82, 2.24) is 14.9 Å². The lowest BCUT2D eigenvalue weighted by Crippen LogP contribution is -2.44. The lowest BCUT2D eigenvalue weighted by atomic mass is 9.99. The van der Waals surface area contributed by atoms with E-state index in [9.17, 15) is 26.4 Å². The molecule has 0 radical (unpaired) electrons. The Morgan fingerprint density at radius 2 is 2.07 bits per heavy atom. The molecular formula is C12H13F3N4O8S. The summed E-state index contributed by atoms with van der Waals surface area (Å²) in [5.74, 6) is -2.46. The van der Waals surface area contributed by atoms with Gasteiger partial charge in [0.2, 0.25) is 5.89 Å². The molecule has 0 unspecified atom stereocenters. The molecule has 4 N–H and O–H groups in total. The molecule has 3 heterocycles. The second kappa shape index (κ2) is 7.74. The maximum atomic E-state index is 12.2. The minimum absolute atomic E-state index is 0.104. The molecule has 1 fully saturated rings. The fraction of sp³-hybridized carbons (Fsp3) is 0.417. The number of halogens is 3. The van der Waals surface area contributed by atoms with Crippen molar-refractivity contribution in [3.05, 3.63) is 24.4 Å². The Balaban J connectivity index is 0.000000345. The average Bonchev–Trinajstić information content (AvgIpc) is 3.17. The number of hydrogen-bond acceptors (Lipinski definition) is 8. The third-order valence-electron chi connectivity index (χ3n) is 3.55. The summed E-state index contributed by atoms with van der Waals surface area (Å²) >= 11 is 0. The van der Waals surface area contributed by atoms with Gasteiger partial charge in [0, 0.05) is 18.7 Å². The number of carbonyl (C=O) groups is 2. The molecule has 1 saturated heterocycles. The van der Waals surface area contributed by atoms with Gasteiger partial charge < -0.3 is 20.2 Å². The van der Waals surface area contributed by atoms with Crippen LogP contribution in [0, 0.1) is 0 Å². The van der Waals surface area contributed by atoms with Crippen LogP contribution in [0.15, 0.2) is 23.0 Å². The number of carbonyl (C=O) groups excluding carboxylic acids is 1. The number of carboxylic acids is 1. The molecule has 156 valence electrons. The van der Waals surface area contributed by atoms with E-state index in [0.717, 1.165) is 0 Å². The van der Waals surface area contributed by atoms with Crippen LogP contribution >= 0.6 is 0 Å². The molecule has 1 aromatic heterocycles. The highest BCUT2D eigenvalue weighted by atomic mass is 32.3. The van der Waals surface area contributed by atoms with Gasteiger partial charge in [-0.25, -0.2) is 14.6 Å². The summed E-state index contributed by atoms with van der Waals surface area (Å²) in [5, 5.41) is 7.72. The van der Waals surface area contributed by atoms with Crippen LogP contribution in [0.4, 0.5) is 18.0 Å². The molecule has 2 atom stereocenters. The van der Waals surface area contributed by atoms with Gasteiger partial charge in [-0.1, -0.05) is 0 Å². The Morgan fingerprint density at radius 3 is 2.50 bits per heavy atom. The van der Waals surface area contributed by atoms with E-state index in [1.165, 1.54) is 17.4 Å². The molecule has 0 spiro atoms. The number of alkyl halides is 3. The molecule has 16 heteroatoms. The van der Waals surface area contributed by atoms with E-state index >= 15 is 0 Å². The standard InChI is InChI=1S/C10H12N4O6S.C2HF3O2/c11-4-8-7(9-12-1-2-19-9)3-6-5-13(8)10(15)14(6)20-21(16,17)18;3-2(4,5)1(6)7/h1-3,6,8H,4-5,11H2,(H,16,17,18);(H,6,7)/t6-,8-;/m1./s1. The maximum absolute atomic E-state index is 12.2. The largest absolute Gasteiger partial charge is 0.490 e. The molecule has 2 bridgehead atoms. The molecule has 2 amide bonds. The van der Waals surface area contributed by atoms with Gasteiger partial charge >= 0.3 is 28.6 Å². The molecule has 0 saturated carbocycles. The molecular weight excluding hydrogens is 417 g/mol. The first kappa shape index (κ1) is 21.6. The van der Waals surface area contributed by atoms with Crippen LogP contribution < -0.4 is 5.73 Å². The number of hydroxylamine groups is 2. The molecule has 1 aromatic rings. The van der Waals surface area contributed by atoms with Crippen molar-refractivity contribution in [1.29, 1.82) is 0 Å². The third kappa shape index (κ3) is 4.77. The van der Waals surface area contributed by atoms with E-state index < -0.39 is 40.7 Å². The fourth-order valence-electron chi connectivity index (χ4n) is 2.51. The zero-order valence-electron chi connectivity index (χ0n) is 13.6. The molecule has 0 aliphatic carbocycles. The Bertz CT molecular complexity index is 870. The number of fused-ring (bicyclic) bond motifs is 2. The number of hydrogen-bond donors (Lipinski definition) is 3. The smallest absolute Gasteiger partial charge is 0.475 e. The first-order valence-electron chi connectivity index (χ1n) is 7.23. The molecule has 28 heavy (non-hydrogen) atoms. The van der Waals surface area contributed by atoms with E-state index in [0.29, 0.717) is 16.5 Å². The van der Waals surface area contributed by atoms with Crippen LogP contribution in [0.5, 0.6) is 0 Å². The number of oxazole rings is 1. The lowest BCUT2D eigenvalue weighted by molar-refractivity contribution is -0.192. The zero-order chi connectivity index (χ0) is 21.3.